The third kappa shape index (κ3) is 934. The van der Waals surface area contributed by atoms with Crippen molar-refractivity contribution in [1.82, 2.24) is 0 Å². The summed E-state index contributed by atoms with van der Waals surface area (Å²) in [6.07, 6.45) is 0. The van der Waals surface area contributed by atoms with Gasteiger partial charge in [0.05, 0.1) is 0 Å². The minimum atomic E-state index is 0. The fraction of sp³-hybridized carbons (Fsp3) is 1.00. The molecule has 0 radical (unpaired) electrons. The summed E-state index contributed by atoms with van der Waals surface area (Å²) < 4.78 is 0. The first-order valence-corrected chi connectivity index (χ1v) is 3.07. The van der Waals surface area contributed by atoms with E-state index in [2.05, 4.69) is 0 Å². The van der Waals surface area contributed by atoms with Gasteiger partial charge in [0.25, 0.3) is 0 Å². The molecule has 0 bridgehead atoms. The van der Waals surface area contributed by atoms with Gasteiger partial charge in [-0.15, -0.1) is 0 Å². The maximum absolute atomic E-state index is 7.57. The summed E-state index contributed by atoms with van der Waals surface area (Å²) >= 11 is 0. The van der Waals surface area contributed by atoms with E-state index in [9.17, 15) is 0 Å². The molecule has 64 valence electrons. The molecule has 0 aromatic rings. The van der Waals surface area contributed by atoms with E-state index >= 15 is 0 Å². The van der Waals surface area contributed by atoms with Crippen LogP contribution < -0.4 is 0 Å². The van der Waals surface area contributed by atoms with Gasteiger partial charge in [-0.2, -0.15) is 0 Å². The molecule has 10 heavy (non-hydrogen) atoms. The van der Waals surface area contributed by atoms with E-state index in [1.807, 2.05) is 0 Å². The van der Waals surface area contributed by atoms with Gasteiger partial charge >= 0.3 is 0 Å². The third-order valence-corrected chi connectivity index (χ3v) is 0. The van der Waals surface area contributed by atoms with E-state index in [4.69, 9.17) is 15.3 Å². The number of hydrogen-bond donors (Lipinski definition) is 3. The van der Waals surface area contributed by atoms with E-state index in [1.54, 1.807) is 20.8 Å². The first kappa shape index (κ1) is 22.4. The fourth-order valence-electron chi connectivity index (χ4n) is 0. The molecule has 0 saturated heterocycles. The summed E-state index contributed by atoms with van der Waals surface area (Å²) in [5, 5.41) is 22.7. The molecular formula is C6H18HfO3. The largest absolute Gasteiger partial charge is 0.397 e. The third-order valence-electron chi connectivity index (χ3n) is 0. The van der Waals surface area contributed by atoms with Gasteiger partial charge < -0.3 is 15.3 Å². The summed E-state index contributed by atoms with van der Waals surface area (Å²) in [4.78, 5) is 0. The van der Waals surface area contributed by atoms with Crippen molar-refractivity contribution < 1.29 is 41.2 Å². The van der Waals surface area contributed by atoms with Crippen LogP contribution in [0.2, 0.25) is 0 Å². The van der Waals surface area contributed by atoms with Gasteiger partial charge in [-0.1, -0.05) is 0 Å². The monoisotopic (exact) mass is 318 g/mol. The van der Waals surface area contributed by atoms with Crippen molar-refractivity contribution in [1.29, 1.82) is 0 Å². The first-order valence-electron chi connectivity index (χ1n) is 3.07. The molecule has 0 atom stereocenters. The van der Waals surface area contributed by atoms with Crippen LogP contribution in [0.3, 0.4) is 0 Å². The van der Waals surface area contributed by atoms with Crippen molar-refractivity contribution in [2.75, 3.05) is 19.8 Å². The molecule has 0 unspecified atom stereocenters. The maximum Gasteiger partial charge on any atom is 0.0402 e. The van der Waals surface area contributed by atoms with Gasteiger partial charge in [0, 0.05) is 45.7 Å². The second-order valence-corrected chi connectivity index (χ2v) is 0.949. The molecule has 0 rings (SSSR count). The number of hydrogen-bond acceptors (Lipinski definition) is 3. The van der Waals surface area contributed by atoms with E-state index < -0.39 is 0 Å². The van der Waals surface area contributed by atoms with Crippen LogP contribution in [0, 0.1) is 0 Å². The summed E-state index contributed by atoms with van der Waals surface area (Å²) in [5.41, 5.74) is 0. The van der Waals surface area contributed by atoms with Gasteiger partial charge in [0.2, 0.25) is 0 Å². The average Bonchev–Trinajstić information content (AvgIpc) is 1.70. The first-order chi connectivity index (χ1) is 4.24. The molecule has 0 heterocycles. The summed E-state index contributed by atoms with van der Waals surface area (Å²) in [6.45, 7) is 5.79. The SMILES string of the molecule is CCO.CCO.CCO.[Hf]. The molecule has 0 fully saturated rings. The van der Waals surface area contributed by atoms with E-state index in [-0.39, 0.29) is 45.7 Å². The molecule has 0 aromatic heterocycles. The molecule has 0 aromatic carbocycles. The van der Waals surface area contributed by atoms with Crippen molar-refractivity contribution in [3.63, 3.8) is 0 Å². The molecule has 0 spiro atoms. The Bertz CT molecular complexity index is 17.7. The van der Waals surface area contributed by atoms with Gasteiger partial charge in [-0.25, -0.2) is 0 Å². The zero-order chi connectivity index (χ0) is 8.12. The Kier molecular flexibility index (Phi) is 119. The summed E-state index contributed by atoms with van der Waals surface area (Å²) in [5.74, 6) is 0. The van der Waals surface area contributed by atoms with Crippen LogP contribution in [0.1, 0.15) is 20.8 Å². The topological polar surface area (TPSA) is 60.7 Å². The Balaban J connectivity index is -0.0000000257. The van der Waals surface area contributed by atoms with Gasteiger partial charge in [0.15, 0.2) is 0 Å². The van der Waals surface area contributed by atoms with Crippen molar-refractivity contribution in [3.8, 4) is 0 Å². The van der Waals surface area contributed by atoms with Crippen LogP contribution in [0.5, 0.6) is 0 Å². The molecule has 0 saturated carbocycles. The summed E-state index contributed by atoms with van der Waals surface area (Å²) in [7, 11) is 0. The minimum absolute atomic E-state index is 0. The maximum atomic E-state index is 7.57. The van der Waals surface area contributed by atoms with Crippen LogP contribution >= 0.6 is 0 Å². The van der Waals surface area contributed by atoms with E-state index in [0.717, 1.165) is 0 Å². The molecule has 3 N–H and O–H groups in total. The minimum Gasteiger partial charge on any atom is -0.397 e. The number of aliphatic hydroxyl groups excluding tert-OH is 3. The molecule has 0 aliphatic heterocycles. The van der Waals surface area contributed by atoms with Gasteiger partial charge in [0.1, 0.15) is 0 Å². The molecule has 4 heteroatoms. The van der Waals surface area contributed by atoms with Crippen molar-refractivity contribution in [2.24, 2.45) is 0 Å². The van der Waals surface area contributed by atoms with Gasteiger partial charge in [-0.05, 0) is 20.8 Å². The Morgan fingerprint density at radius 1 is 0.700 bits per heavy atom. The fourth-order valence-corrected chi connectivity index (χ4v) is 0. The van der Waals surface area contributed by atoms with Gasteiger partial charge in [-0.3, -0.25) is 0 Å². The zero-order valence-electron chi connectivity index (χ0n) is 6.96. The molecular weight excluding hydrogens is 299 g/mol. The van der Waals surface area contributed by atoms with E-state index in [1.165, 1.54) is 0 Å². The van der Waals surface area contributed by atoms with Crippen LogP contribution in [-0.2, 0) is 25.8 Å². The van der Waals surface area contributed by atoms with Crippen molar-refractivity contribution in [2.45, 2.75) is 20.8 Å². The van der Waals surface area contributed by atoms with Crippen LogP contribution in [0.4, 0.5) is 0 Å². The number of aliphatic hydroxyl groups is 3. The standard InChI is InChI=1S/3C2H6O.Hf/c3*1-2-3;/h3*3H,2H2,1H3;. The zero-order valence-corrected chi connectivity index (χ0v) is 10.6. The predicted molar refractivity (Wildman–Crippen MR) is 38.3 cm³/mol. The van der Waals surface area contributed by atoms with Crippen molar-refractivity contribution in [3.05, 3.63) is 0 Å². The summed E-state index contributed by atoms with van der Waals surface area (Å²) in [6, 6.07) is 0. The van der Waals surface area contributed by atoms with Crippen LogP contribution in [0.15, 0.2) is 0 Å². The van der Waals surface area contributed by atoms with Crippen LogP contribution in [0.25, 0.3) is 0 Å². The molecule has 0 aliphatic carbocycles. The number of rotatable bonds is 0. The van der Waals surface area contributed by atoms with Crippen LogP contribution in [-0.4, -0.2) is 35.1 Å². The second kappa shape index (κ2) is 53.1. The smallest absolute Gasteiger partial charge is 0.0402 e. The Labute approximate surface area is 81.9 Å². The Morgan fingerprint density at radius 2 is 0.700 bits per heavy atom. The molecule has 0 amide bonds. The van der Waals surface area contributed by atoms with E-state index in [0.29, 0.717) is 0 Å². The Hall–Kier alpha value is 0.750. The Morgan fingerprint density at radius 3 is 0.700 bits per heavy atom. The predicted octanol–water partition coefficient (Wildman–Crippen LogP) is -0.00670. The van der Waals surface area contributed by atoms with Crippen molar-refractivity contribution >= 4 is 0 Å². The average molecular weight is 317 g/mol. The quantitative estimate of drug-likeness (QED) is 0.551. The second-order valence-electron chi connectivity index (χ2n) is 0.949. The molecule has 3 nitrogen and oxygen atoms in total. The molecule has 0 aliphatic rings. The normalized spacial score (nSPS) is 5.40.